The largest absolute Gasteiger partial charge is 0.394 e. The predicted molar refractivity (Wildman–Crippen MR) is 79.2 cm³/mol. The van der Waals surface area contributed by atoms with Crippen LogP contribution < -0.4 is 11.1 Å². The van der Waals surface area contributed by atoms with Crippen molar-refractivity contribution in [2.24, 2.45) is 0 Å². The lowest BCUT2D eigenvalue weighted by Crippen LogP contribution is -2.04. The summed E-state index contributed by atoms with van der Waals surface area (Å²) in [6.45, 7) is 6.80. The molecule has 0 bridgehead atoms. The number of hydrogen-bond acceptors (Lipinski definition) is 3. The Kier molecular flexibility index (Phi) is 3.61. The molecule has 0 atom stereocenters. The molecule has 5 heteroatoms. The van der Waals surface area contributed by atoms with Gasteiger partial charge in [-0.1, -0.05) is 6.07 Å². The van der Waals surface area contributed by atoms with Crippen LogP contribution in [0.3, 0.4) is 0 Å². The summed E-state index contributed by atoms with van der Waals surface area (Å²) in [6.07, 6.45) is 0. The summed E-state index contributed by atoms with van der Waals surface area (Å²) < 4.78 is 2.88. The van der Waals surface area contributed by atoms with Gasteiger partial charge < -0.3 is 11.1 Å². The van der Waals surface area contributed by atoms with Crippen molar-refractivity contribution in [2.45, 2.75) is 27.3 Å². The Labute approximate surface area is 115 Å². The van der Waals surface area contributed by atoms with Crippen LogP contribution in [-0.4, -0.2) is 9.78 Å². The highest BCUT2D eigenvalue weighted by Crippen LogP contribution is 2.30. The van der Waals surface area contributed by atoms with E-state index in [2.05, 4.69) is 45.4 Å². The van der Waals surface area contributed by atoms with E-state index in [1.54, 1.807) is 0 Å². The molecule has 0 fully saturated rings. The standard InChI is InChI=1S/C13H17BrN4/c1-4-18-13(12(15)9(3)17-18)16-11-7-8(2)5-6-10(11)14/h5-7,16H,4,15H2,1-3H3. The highest BCUT2D eigenvalue weighted by Gasteiger charge is 2.12. The summed E-state index contributed by atoms with van der Waals surface area (Å²) in [5, 5.41) is 7.74. The third kappa shape index (κ3) is 2.36. The van der Waals surface area contributed by atoms with Crippen LogP contribution >= 0.6 is 15.9 Å². The van der Waals surface area contributed by atoms with Gasteiger partial charge in [-0.2, -0.15) is 5.10 Å². The maximum absolute atomic E-state index is 6.05. The van der Waals surface area contributed by atoms with E-state index in [0.29, 0.717) is 5.69 Å². The van der Waals surface area contributed by atoms with Crippen molar-refractivity contribution in [3.05, 3.63) is 33.9 Å². The molecule has 1 aromatic carbocycles. The molecule has 0 radical (unpaired) electrons. The van der Waals surface area contributed by atoms with Crippen molar-refractivity contribution in [3.8, 4) is 0 Å². The van der Waals surface area contributed by atoms with Crippen LogP contribution in [0.1, 0.15) is 18.2 Å². The molecule has 1 heterocycles. The minimum absolute atomic E-state index is 0.699. The van der Waals surface area contributed by atoms with Gasteiger partial charge in [0.05, 0.1) is 17.1 Å². The molecule has 4 nitrogen and oxygen atoms in total. The zero-order valence-corrected chi connectivity index (χ0v) is 12.4. The summed E-state index contributed by atoms with van der Waals surface area (Å²) >= 11 is 3.53. The fourth-order valence-electron chi connectivity index (χ4n) is 1.82. The van der Waals surface area contributed by atoms with Gasteiger partial charge >= 0.3 is 0 Å². The van der Waals surface area contributed by atoms with Gasteiger partial charge in [-0.05, 0) is 54.4 Å². The summed E-state index contributed by atoms with van der Waals surface area (Å²) in [5.74, 6) is 0.848. The molecule has 2 rings (SSSR count). The van der Waals surface area contributed by atoms with Crippen LogP contribution in [0.5, 0.6) is 0 Å². The molecule has 96 valence electrons. The number of nitrogens with one attached hydrogen (secondary N) is 1. The molecule has 0 amide bonds. The lowest BCUT2D eigenvalue weighted by atomic mass is 10.2. The van der Waals surface area contributed by atoms with E-state index >= 15 is 0 Å². The second-order valence-electron chi connectivity index (χ2n) is 4.27. The van der Waals surface area contributed by atoms with Gasteiger partial charge in [0.25, 0.3) is 0 Å². The molecule has 0 aliphatic carbocycles. The number of nitrogens with zero attached hydrogens (tertiary/aromatic N) is 2. The Morgan fingerprint density at radius 2 is 2.11 bits per heavy atom. The first-order chi connectivity index (χ1) is 8.52. The van der Waals surface area contributed by atoms with Crippen molar-refractivity contribution in [3.63, 3.8) is 0 Å². The van der Waals surface area contributed by atoms with Gasteiger partial charge in [0.2, 0.25) is 0 Å². The molecule has 3 N–H and O–H groups in total. The topological polar surface area (TPSA) is 55.9 Å². The average Bonchev–Trinajstić information content (AvgIpc) is 2.61. The Hall–Kier alpha value is -1.49. The number of hydrogen-bond donors (Lipinski definition) is 2. The third-order valence-corrected chi connectivity index (χ3v) is 3.54. The molecular formula is C13H17BrN4. The van der Waals surface area contributed by atoms with Crippen LogP contribution in [0.4, 0.5) is 17.2 Å². The first-order valence-corrected chi connectivity index (χ1v) is 6.68. The molecular weight excluding hydrogens is 292 g/mol. The normalized spacial score (nSPS) is 10.7. The van der Waals surface area contributed by atoms with Gasteiger partial charge in [-0.25, -0.2) is 4.68 Å². The number of rotatable bonds is 3. The molecule has 0 saturated carbocycles. The SMILES string of the molecule is CCn1nc(C)c(N)c1Nc1cc(C)ccc1Br. The summed E-state index contributed by atoms with van der Waals surface area (Å²) in [5.41, 5.74) is 9.79. The van der Waals surface area contributed by atoms with E-state index in [1.165, 1.54) is 5.56 Å². The summed E-state index contributed by atoms with van der Waals surface area (Å²) in [4.78, 5) is 0. The minimum Gasteiger partial charge on any atom is -0.394 e. The Balaban J connectivity index is 2.42. The molecule has 2 aromatic rings. The Morgan fingerprint density at radius 1 is 1.39 bits per heavy atom. The van der Waals surface area contributed by atoms with Crippen LogP contribution in [0.2, 0.25) is 0 Å². The first kappa shape index (κ1) is 13.0. The van der Waals surface area contributed by atoms with Crippen LogP contribution in [0.15, 0.2) is 22.7 Å². The molecule has 0 saturated heterocycles. The van der Waals surface area contributed by atoms with Crippen LogP contribution in [0.25, 0.3) is 0 Å². The monoisotopic (exact) mass is 308 g/mol. The summed E-state index contributed by atoms with van der Waals surface area (Å²) in [7, 11) is 0. The Bertz CT molecular complexity index is 575. The number of halogens is 1. The quantitative estimate of drug-likeness (QED) is 0.910. The van der Waals surface area contributed by atoms with Gasteiger partial charge in [0, 0.05) is 11.0 Å². The van der Waals surface area contributed by atoms with E-state index in [4.69, 9.17) is 5.73 Å². The number of anilines is 3. The van der Waals surface area contributed by atoms with Crippen molar-refractivity contribution in [1.29, 1.82) is 0 Å². The van der Waals surface area contributed by atoms with E-state index in [-0.39, 0.29) is 0 Å². The highest BCUT2D eigenvalue weighted by atomic mass is 79.9. The number of aryl methyl sites for hydroxylation is 3. The maximum atomic E-state index is 6.05. The fourth-order valence-corrected chi connectivity index (χ4v) is 2.16. The zero-order valence-electron chi connectivity index (χ0n) is 10.8. The van der Waals surface area contributed by atoms with Gasteiger partial charge in [0.1, 0.15) is 0 Å². The number of aromatic nitrogens is 2. The minimum atomic E-state index is 0.699. The molecule has 1 aromatic heterocycles. The molecule has 0 spiro atoms. The van der Waals surface area contributed by atoms with Crippen molar-refractivity contribution >= 4 is 33.1 Å². The average molecular weight is 309 g/mol. The first-order valence-electron chi connectivity index (χ1n) is 5.89. The third-order valence-electron chi connectivity index (χ3n) is 2.85. The van der Waals surface area contributed by atoms with E-state index in [1.807, 2.05) is 24.6 Å². The van der Waals surface area contributed by atoms with Gasteiger partial charge in [0.15, 0.2) is 5.82 Å². The molecule has 0 unspecified atom stereocenters. The lowest BCUT2D eigenvalue weighted by molar-refractivity contribution is 0.661. The Morgan fingerprint density at radius 3 is 2.78 bits per heavy atom. The fraction of sp³-hybridized carbons (Fsp3) is 0.308. The lowest BCUT2D eigenvalue weighted by Gasteiger charge is -2.11. The smallest absolute Gasteiger partial charge is 0.152 e. The van der Waals surface area contributed by atoms with Gasteiger partial charge in [-0.3, -0.25) is 0 Å². The van der Waals surface area contributed by atoms with Crippen molar-refractivity contribution < 1.29 is 0 Å². The predicted octanol–water partition coefficient (Wildman–Crippen LogP) is 3.61. The van der Waals surface area contributed by atoms with Crippen molar-refractivity contribution in [1.82, 2.24) is 9.78 Å². The van der Waals surface area contributed by atoms with E-state index < -0.39 is 0 Å². The van der Waals surface area contributed by atoms with Crippen molar-refractivity contribution in [2.75, 3.05) is 11.1 Å². The maximum Gasteiger partial charge on any atom is 0.152 e. The zero-order chi connectivity index (χ0) is 13.3. The van der Waals surface area contributed by atoms with Crippen LogP contribution in [0, 0.1) is 13.8 Å². The summed E-state index contributed by atoms with van der Waals surface area (Å²) in [6, 6.07) is 6.15. The molecule has 18 heavy (non-hydrogen) atoms. The van der Waals surface area contributed by atoms with Crippen LogP contribution in [-0.2, 0) is 6.54 Å². The van der Waals surface area contributed by atoms with E-state index in [9.17, 15) is 0 Å². The van der Waals surface area contributed by atoms with Gasteiger partial charge in [-0.15, -0.1) is 0 Å². The number of nitrogens with two attached hydrogens (primary N) is 1. The number of benzene rings is 1. The highest BCUT2D eigenvalue weighted by molar-refractivity contribution is 9.10. The second kappa shape index (κ2) is 5.02. The molecule has 0 aliphatic heterocycles. The second-order valence-corrected chi connectivity index (χ2v) is 5.13. The van der Waals surface area contributed by atoms with E-state index in [0.717, 1.165) is 28.2 Å². The number of nitrogen functional groups attached to an aromatic ring is 1. The molecule has 0 aliphatic rings.